The minimum Gasteiger partial charge on any atom is -0.496 e. The number of methoxy groups -OCH3 is 2. The van der Waals surface area contributed by atoms with Crippen LogP contribution in [-0.4, -0.2) is 88.2 Å². The second kappa shape index (κ2) is 18.7. The van der Waals surface area contributed by atoms with Crippen LogP contribution < -0.4 is 31.6 Å². The Morgan fingerprint density at radius 2 is 1.02 bits per heavy atom. The van der Waals surface area contributed by atoms with Gasteiger partial charge in [-0.25, -0.2) is 0 Å². The van der Waals surface area contributed by atoms with Crippen molar-refractivity contribution >= 4 is 55.0 Å². The van der Waals surface area contributed by atoms with Gasteiger partial charge < -0.3 is 41.4 Å². The molecular formula is C28H44Br2N6O4. The van der Waals surface area contributed by atoms with Gasteiger partial charge in [0.25, 0.3) is 11.8 Å². The Kier molecular flexibility index (Phi) is 16.6. The van der Waals surface area contributed by atoms with Crippen LogP contribution in [0.4, 0.5) is 11.4 Å². The molecule has 0 saturated heterocycles. The van der Waals surface area contributed by atoms with Gasteiger partial charge in [-0.2, -0.15) is 0 Å². The molecule has 0 spiro atoms. The standard InChI is InChI=1S/2C14H22BrN3O2/c2*1-4-18(5-2)7-6-17-14(19)10-8-11(15)12(16)9-13(10)20-3/h2*8-9H,4-7,16H2,1-3H3,(H,17,19). The summed E-state index contributed by atoms with van der Waals surface area (Å²) in [6.07, 6.45) is 0. The van der Waals surface area contributed by atoms with Gasteiger partial charge in [0.15, 0.2) is 0 Å². The molecule has 0 unspecified atom stereocenters. The van der Waals surface area contributed by atoms with Crippen LogP contribution in [0.3, 0.4) is 0 Å². The molecule has 0 aliphatic heterocycles. The molecule has 40 heavy (non-hydrogen) atoms. The normalized spacial score (nSPS) is 10.7. The first kappa shape index (κ1) is 35.5. The van der Waals surface area contributed by atoms with Crippen LogP contribution in [0.5, 0.6) is 11.5 Å². The van der Waals surface area contributed by atoms with E-state index in [-0.39, 0.29) is 11.8 Å². The number of hydrogen-bond acceptors (Lipinski definition) is 8. The molecule has 224 valence electrons. The predicted octanol–water partition coefficient (Wildman–Crippen LogP) is 4.22. The van der Waals surface area contributed by atoms with E-state index in [1.807, 2.05) is 0 Å². The van der Waals surface area contributed by atoms with Crippen molar-refractivity contribution in [3.63, 3.8) is 0 Å². The Hall–Kier alpha value is -2.54. The molecule has 0 saturated carbocycles. The van der Waals surface area contributed by atoms with E-state index in [4.69, 9.17) is 20.9 Å². The van der Waals surface area contributed by atoms with Crippen LogP contribution in [0.1, 0.15) is 48.4 Å². The molecule has 6 N–H and O–H groups in total. The molecule has 2 aromatic carbocycles. The number of carbonyl (C=O) groups is 2. The number of nitrogens with one attached hydrogen (secondary N) is 2. The van der Waals surface area contributed by atoms with Crippen molar-refractivity contribution in [2.75, 3.05) is 78.0 Å². The molecule has 0 aromatic heterocycles. The van der Waals surface area contributed by atoms with Crippen molar-refractivity contribution in [2.45, 2.75) is 27.7 Å². The third-order valence-electron chi connectivity index (χ3n) is 6.34. The Morgan fingerprint density at radius 1 is 0.700 bits per heavy atom. The van der Waals surface area contributed by atoms with E-state index in [9.17, 15) is 9.59 Å². The third-order valence-corrected chi connectivity index (χ3v) is 7.72. The molecule has 0 bridgehead atoms. The second-order valence-corrected chi connectivity index (χ2v) is 10.4. The van der Waals surface area contributed by atoms with Crippen molar-refractivity contribution in [3.05, 3.63) is 44.3 Å². The largest absolute Gasteiger partial charge is 0.496 e. The summed E-state index contributed by atoms with van der Waals surface area (Å²) in [6, 6.07) is 6.65. The first-order chi connectivity index (χ1) is 19.1. The average Bonchev–Trinajstić information content (AvgIpc) is 2.95. The minimum atomic E-state index is -0.158. The summed E-state index contributed by atoms with van der Waals surface area (Å²) >= 11 is 6.65. The van der Waals surface area contributed by atoms with Gasteiger partial charge in [-0.1, -0.05) is 27.7 Å². The van der Waals surface area contributed by atoms with E-state index in [2.05, 4.69) is 80.0 Å². The van der Waals surface area contributed by atoms with E-state index in [0.29, 0.717) is 56.0 Å². The van der Waals surface area contributed by atoms with Crippen LogP contribution in [0.15, 0.2) is 33.2 Å². The summed E-state index contributed by atoms with van der Waals surface area (Å²) in [5.74, 6) is 0.640. The number of ether oxygens (including phenoxy) is 2. The maximum atomic E-state index is 12.2. The predicted molar refractivity (Wildman–Crippen MR) is 170 cm³/mol. The summed E-state index contributed by atoms with van der Waals surface area (Å²) in [5, 5.41) is 5.79. The fraction of sp³-hybridized carbons (Fsp3) is 0.500. The molecule has 2 aromatic rings. The first-order valence-electron chi connectivity index (χ1n) is 13.3. The van der Waals surface area contributed by atoms with E-state index >= 15 is 0 Å². The molecule has 0 aliphatic carbocycles. The minimum absolute atomic E-state index is 0.158. The van der Waals surface area contributed by atoms with Crippen LogP contribution >= 0.6 is 31.9 Å². The van der Waals surface area contributed by atoms with E-state index in [1.165, 1.54) is 14.2 Å². The molecule has 0 fully saturated rings. The number of hydrogen-bond donors (Lipinski definition) is 4. The zero-order valence-corrected chi connectivity index (χ0v) is 27.6. The number of amides is 2. The van der Waals surface area contributed by atoms with Crippen LogP contribution in [-0.2, 0) is 0 Å². The quantitative estimate of drug-likeness (QED) is 0.217. The highest BCUT2D eigenvalue weighted by Gasteiger charge is 2.16. The maximum absolute atomic E-state index is 12.2. The van der Waals surface area contributed by atoms with Crippen molar-refractivity contribution < 1.29 is 19.1 Å². The molecule has 12 heteroatoms. The summed E-state index contributed by atoms with van der Waals surface area (Å²) < 4.78 is 11.8. The van der Waals surface area contributed by atoms with Gasteiger partial charge in [0, 0.05) is 58.6 Å². The van der Waals surface area contributed by atoms with Gasteiger partial charge in [-0.3, -0.25) is 9.59 Å². The summed E-state index contributed by atoms with van der Waals surface area (Å²) in [4.78, 5) is 28.8. The lowest BCUT2D eigenvalue weighted by atomic mass is 10.1. The van der Waals surface area contributed by atoms with Gasteiger partial charge in [-0.15, -0.1) is 0 Å². The second-order valence-electron chi connectivity index (χ2n) is 8.71. The van der Waals surface area contributed by atoms with Crippen molar-refractivity contribution in [3.8, 4) is 11.5 Å². The molecule has 0 radical (unpaired) electrons. The number of benzene rings is 2. The maximum Gasteiger partial charge on any atom is 0.255 e. The zero-order chi connectivity index (χ0) is 30.2. The van der Waals surface area contributed by atoms with Gasteiger partial charge in [0.2, 0.25) is 0 Å². The lowest BCUT2D eigenvalue weighted by Gasteiger charge is -2.18. The Morgan fingerprint density at radius 3 is 1.30 bits per heavy atom. The molecule has 2 rings (SSSR count). The monoisotopic (exact) mass is 686 g/mol. The molecule has 0 heterocycles. The van der Waals surface area contributed by atoms with Crippen molar-refractivity contribution in [2.24, 2.45) is 0 Å². The van der Waals surface area contributed by atoms with Crippen LogP contribution in [0, 0.1) is 0 Å². The fourth-order valence-electron chi connectivity index (χ4n) is 3.76. The Labute approximate surface area is 255 Å². The molecular weight excluding hydrogens is 644 g/mol. The van der Waals surface area contributed by atoms with Gasteiger partial charge in [-0.05, 0) is 70.2 Å². The molecule has 0 atom stereocenters. The number of nitrogens with zero attached hydrogens (tertiary/aromatic N) is 2. The molecule has 2 amide bonds. The molecule has 10 nitrogen and oxygen atoms in total. The number of carbonyl (C=O) groups excluding carboxylic acids is 2. The Bertz CT molecular complexity index is 1010. The number of nitrogen functional groups attached to an aromatic ring is 2. The van der Waals surface area contributed by atoms with Crippen molar-refractivity contribution in [1.82, 2.24) is 20.4 Å². The number of anilines is 2. The molecule has 0 aliphatic rings. The van der Waals surface area contributed by atoms with E-state index in [0.717, 1.165) is 39.3 Å². The van der Waals surface area contributed by atoms with E-state index < -0.39 is 0 Å². The fourth-order valence-corrected chi connectivity index (χ4v) is 4.44. The Balaban J connectivity index is 0.000000400. The number of nitrogens with two attached hydrogens (primary N) is 2. The summed E-state index contributed by atoms with van der Waals surface area (Å²) in [5.41, 5.74) is 13.6. The smallest absolute Gasteiger partial charge is 0.255 e. The van der Waals surface area contributed by atoms with Crippen LogP contribution in [0.2, 0.25) is 0 Å². The number of halogens is 2. The first-order valence-corrected chi connectivity index (χ1v) is 14.9. The summed E-state index contributed by atoms with van der Waals surface area (Å²) in [6.45, 7) is 15.2. The topological polar surface area (TPSA) is 135 Å². The number of rotatable bonds is 14. The van der Waals surface area contributed by atoms with Gasteiger partial charge in [0.1, 0.15) is 11.5 Å². The summed E-state index contributed by atoms with van der Waals surface area (Å²) in [7, 11) is 3.05. The van der Waals surface area contributed by atoms with Gasteiger partial charge in [0.05, 0.1) is 25.3 Å². The lowest BCUT2D eigenvalue weighted by Crippen LogP contribution is -2.34. The highest BCUT2D eigenvalue weighted by molar-refractivity contribution is 9.11. The highest BCUT2D eigenvalue weighted by Crippen LogP contribution is 2.30. The van der Waals surface area contributed by atoms with Crippen LogP contribution in [0.25, 0.3) is 0 Å². The third kappa shape index (κ3) is 11.1. The SMILES string of the molecule is CCN(CC)CCNC(=O)c1cc(Br)c(N)cc1OC.CCN(CC)CCNC(=O)c1cc(Br)c(N)cc1OC. The lowest BCUT2D eigenvalue weighted by molar-refractivity contribution is 0.0937. The highest BCUT2D eigenvalue weighted by atomic mass is 79.9. The van der Waals surface area contributed by atoms with E-state index in [1.54, 1.807) is 24.3 Å². The zero-order valence-electron chi connectivity index (χ0n) is 24.4. The van der Waals surface area contributed by atoms with Gasteiger partial charge >= 0.3 is 0 Å². The number of likely N-dealkylation sites (N-methyl/N-ethyl adjacent to an activating group) is 2. The van der Waals surface area contributed by atoms with Crippen molar-refractivity contribution in [1.29, 1.82) is 0 Å². The average molecular weight is 689 g/mol.